The van der Waals surface area contributed by atoms with Gasteiger partial charge in [0.05, 0.1) is 68.0 Å². The molecule has 5 aliphatic heterocycles. The van der Waals surface area contributed by atoms with Gasteiger partial charge in [-0.15, -0.1) is 0 Å². The SMILES string of the molecule is COC(=O)CC[C@@H]1/C2=C(\C)C3=NC([C@H](CC(=O)OC)[C@@]3(C)CCC(=O)OC)[C@]3(C)[N-]/C(=C(/C)C4=N/C(=C\C(=N2)C1(C)C)[C@@H](CCC(=O)OC)[C@]4(C)CC(=O)OC)[C@@H](CCC(=O)OC)[C@]3(C)C(=O)OC.[C-]#N.[C-]#N.[Co+3]. The number of fused-ring (bicyclic) bond motifs is 6. The fourth-order valence-electron chi connectivity index (χ4n) is 12.0. The number of allylic oxidation sites excluding steroid dienone is 6. The fraction of sp³-hybridized carbons (Fsp3) is 0.660. The Morgan fingerprint density at radius 1 is 0.595 bits per heavy atom. The summed E-state index contributed by atoms with van der Waals surface area (Å²) < 4.78 is 36.9. The Morgan fingerprint density at radius 2 is 1.07 bits per heavy atom. The van der Waals surface area contributed by atoms with Crippen molar-refractivity contribution in [3.63, 3.8) is 0 Å². The van der Waals surface area contributed by atoms with E-state index in [9.17, 15) is 33.6 Å². The van der Waals surface area contributed by atoms with Crippen LogP contribution in [-0.2, 0) is 83.5 Å². The molecule has 5 aliphatic rings. The summed E-state index contributed by atoms with van der Waals surface area (Å²) in [5, 5.41) is 18.1. The van der Waals surface area contributed by atoms with Crippen molar-refractivity contribution in [1.82, 2.24) is 0 Å². The first kappa shape index (κ1) is 63.9. The maximum absolute atomic E-state index is 15.0. The molecular weight excluding hydrogens is 1000 g/mol. The van der Waals surface area contributed by atoms with Crippen LogP contribution in [0.3, 0.4) is 0 Å². The minimum absolute atomic E-state index is 0. The van der Waals surface area contributed by atoms with Gasteiger partial charge in [-0.1, -0.05) is 40.2 Å². The van der Waals surface area contributed by atoms with Gasteiger partial charge < -0.3 is 62.1 Å². The van der Waals surface area contributed by atoms with E-state index >= 15 is 0 Å². The maximum atomic E-state index is 15.0. The number of rotatable bonds is 17. The molecule has 5 rings (SSSR count). The Kier molecular flexibility index (Phi) is 22.3. The molecule has 0 amide bonds. The molecule has 8 bridgehead atoms. The standard InChI is InChI=1S/C51H71N4O14.2CN.Co/c1-27-41-30(17-20-36(57)64-10)47(3,4)34(53-41)25-33-29(16-19-35(56)63-9)49(6,26-40(61)68-14)44(52-33)28(2)42-31(18-21-37(58)65-11)50(7,46(62)69-15)51(8,55-42)45-32(24-39(60)67-13)48(5,43(27)54-45)23-22-38(59)66-12;2*1-2;/h25,29-32,45H,16-24,26H2,1-15H3;;;/q3*-1;+3/t29-,30-,31-,32+,45?,48-,49+,50-,51+;;;/m1.../s1. The molecule has 0 spiro atoms. The zero-order chi connectivity index (χ0) is 55.6. The molecule has 0 radical (unpaired) electrons. The molecule has 0 saturated carbocycles. The monoisotopic (exact) mass is 1070 g/mol. The molecule has 0 aliphatic carbocycles. The van der Waals surface area contributed by atoms with Crippen molar-refractivity contribution in [1.29, 1.82) is 10.5 Å². The van der Waals surface area contributed by atoms with Crippen LogP contribution < -0.4 is 0 Å². The van der Waals surface area contributed by atoms with E-state index in [1.54, 1.807) is 13.8 Å². The van der Waals surface area contributed by atoms with Gasteiger partial charge in [-0.2, -0.15) is 5.70 Å². The molecule has 20 nitrogen and oxygen atoms in total. The molecule has 9 atom stereocenters. The molecule has 1 fully saturated rings. The van der Waals surface area contributed by atoms with E-state index in [0.717, 1.165) is 0 Å². The fourth-order valence-corrected chi connectivity index (χ4v) is 12.0. The zero-order valence-electron chi connectivity index (χ0n) is 45.3. The van der Waals surface area contributed by atoms with E-state index in [1.807, 2.05) is 47.6 Å². The molecular formula is C53H71CoN6O14. The van der Waals surface area contributed by atoms with Gasteiger partial charge in [0.25, 0.3) is 0 Å². The number of nitrogens with zero attached hydrogens (tertiary/aromatic N) is 6. The molecule has 406 valence electrons. The third-order valence-electron chi connectivity index (χ3n) is 16.4. The zero-order valence-corrected chi connectivity index (χ0v) is 46.3. The van der Waals surface area contributed by atoms with Gasteiger partial charge in [-0.3, -0.25) is 48.5 Å². The summed E-state index contributed by atoms with van der Waals surface area (Å²) in [4.78, 5) is 111. The van der Waals surface area contributed by atoms with Gasteiger partial charge in [0.15, 0.2) is 0 Å². The molecule has 0 aromatic rings. The Labute approximate surface area is 445 Å². The first-order valence-corrected chi connectivity index (χ1v) is 23.9. The molecule has 1 saturated heterocycles. The molecule has 0 N–H and O–H groups in total. The summed E-state index contributed by atoms with van der Waals surface area (Å²) in [6.45, 7) is 24.6. The molecule has 74 heavy (non-hydrogen) atoms. The van der Waals surface area contributed by atoms with Crippen molar-refractivity contribution in [3.05, 3.63) is 52.8 Å². The number of aliphatic imine (C=N–C) groups is 3. The summed E-state index contributed by atoms with van der Waals surface area (Å²) in [5.74, 6) is -6.32. The van der Waals surface area contributed by atoms with Crippen LogP contribution in [0.4, 0.5) is 0 Å². The van der Waals surface area contributed by atoms with Gasteiger partial charge in [-0.25, -0.2) is 0 Å². The predicted molar refractivity (Wildman–Crippen MR) is 264 cm³/mol. The normalized spacial score (nSPS) is 31.5. The molecule has 0 aromatic carbocycles. The van der Waals surface area contributed by atoms with E-state index in [1.165, 1.54) is 49.8 Å². The number of ether oxygens (including phenoxy) is 7. The summed E-state index contributed by atoms with van der Waals surface area (Å²) in [7, 11) is 9.08. The van der Waals surface area contributed by atoms with Crippen molar-refractivity contribution in [2.45, 2.75) is 131 Å². The number of carbonyl (C=O) groups is 7. The smallest absolute Gasteiger partial charge is 0.680 e. The van der Waals surface area contributed by atoms with Crippen molar-refractivity contribution in [3.8, 4) is 0 Å². The second-order valence-corrected chi connectivity index (χ2v) is 20.2. The van der Waals surface area contributed by atoms with Crippen LogP contribution in [0, 0.1) is 69.0 Å². The largest absolute Gasteiger partial charge is 3.00 e. The Hall–Kier alpha value is -6.19. The third-order valence-corrected chi connectivity index (χ3v) is 16.4. The summed E-state index contributed by atoms with van der Waals surface area (Å²) in [6, 6.07) is -0.996. The molecule has 5 heterocycles. The number of esters is 7. The minimum Gasteiger partial charge on any atom is -0.680 e. The van der Waals surface area contributed by atoms with Gasteiger partial charge in [0, 0.05) is 94.3 Å². The van der Waals surface area contributed by atoms with Gasteiger partial charge in [0.1, 0.15) is 0 Å². The van der Waals surface area contributed by atoms with E-state index in [-0.39, 0.29) is 74.6 Å². The van der Waals surface area contributed by atoms with E-state index in [2.05, 4.69) is 0 Å². The molecule has 1 unspecified atom stereocenters. The third kappa shape index (κ3) is 11.7. The van der Waals surface area contributed by atoms with Gasteiger partial charge in [-0.05, 0) is 69.6 Å². The summed E-state index contributed by atoms with van der Waals surface area (Å²) >= 11 is 0. The van der Waals surface area contributed by atoms with Crippen molar-refractivity contribution in [2.24, 2.45) is 60.3 Å². The van der Waals surface area contributed by atoms with Crippen LogP contribution >= 0.6 is 0 Å². The van der Waals surface area contributed by atoms with Crippen molar-refractivity contribution in [2.75, 3.05) is 49.8 Å². The number of hydrogen-bond acceptors (Lipinski definition) is 19. The Morgan fingerprint density at radius 3 is 1.55 bits per heavy atom. The van der Waals surface area contributed by atoms with Crippen LogP contribution in [-0.4, -0.2) is 120 Å². The van der Waals surface area contributed by atoms with Crippen LogP contribution in [0.2, 0.25) is 0 Å². The molecule has 21 heteroatoms. The first-order chi connectivity index (χ1) is 34.3. The van der Waals surface area contributed by atoms with Crippen molar-refractivity contribution >= 4 is 58.9 Å². The average molecular weight is 1080 g/mol. The number of carbonyl (C=O) groups excluding carboxylic acids is 7. The van der Waals surface area contributed by atoms with Gasteiger partial charge in [0.2, 0.25) is 0 Å². The van der Waals surface area contributed by atoms with E-state index in [4.69, 9.17) is 77.1 Å². The minimum atomic E-state index is -1.61. The second-order valence-electron chi connectivity index (χ2n) is 20.2. The second kappa shape index (κ2) is 25.8. The van der Waals surface area contributed by atoms with E-state index in [0.29, 0.717) is 51.8 Å². The van der Waals surface area contributed by atoms with Crippen LogP contribution in [0.15, 0.2) is 49.3 Å². The molecule has 0 aromatic heterocycles. The Bertz CT molecular complexity index is 2430. The van der Waals surface area contributed by atoms with E-state index < -0.39 is 98.7 Å². The number of methoxy groups -OCH3 is 7. The van der Waals surface area contributed by atoms with Crippen LogP contribution in [0.1, 0.15) is 120 Å². The topological polar surface area (TPSA) is 283 Å². The maximum Gasteiger partial charge on any atom is 3.00 e. The quantitative estimate of drug-likeness (QED) is 0.0796. The van der Waals surface area contributed by atoms with Crippen molar-refractivity contribution < 1.29 is 83.5 Å². The number of hydrogen-bond donors (Lipinski definition) is 0. The average Bonchev–Trinajstić information content (AvgIpc) is 4.01. The summed E-state index contributed by atoms with van der Waals surface area (Å²) in [6.07, 6.45) is 2.09. The predicted octanol–water partition coefficient (Wildman–Crippen LogP) is 7.12. The van der Waals surface area contributed by atoms with Gasteiger partial charge >= 0.3 is 58.6 Å². The van der Waals surface area contributed by atoms with Crippen LogP contribution in [0.5, 0.6) is 0 Å². The summed E-state index contributed by atoms with van der Waals surface area (Å²) in [5.41, 5.74) is -1.97. The van der Waals surface area contributed by atoms with Crippen LogP contribution in [0.25, 0.3) is 5.32 Å². The Balaban J connectivity index is 0.00000366. The first-order valence-electron chi connectivity index (χ1n) is 23.9.